The Kier molecular flexibility index (Phi) is 4.94. The molecule has 1 aromatic heterocycles. The molecule has 0 amide bonds. The van der Waals surface area contributed by atoms with Gasteiger partial charge in [-0.05, 0) is 13.8 Å². The monoisotopic (exact) mass is 225 g/mol. The van der Waals surface area contributed by atoms with Gasteiger partial charge in [0.15, 0.2) is 0 Å². The van der Waals surface area contributed by atoms with Crippen LogP contribution in [0.2, 0.25) is 0 Å². The van der Waals surface area contributed by atoms with Crippen LogP contribution in [0.25, 0.3) is 0 Å². The molecule has 0 radical (unpaired) electrons. The van der Waals surface area contributed by atoms with Crippen LogP contribution < -0.4 is 16.2 Å². The molecular weight excluding hydrogens is 206 g/mol. The quantitative estimate of drug-likeness (QED) is 0.543. The first-order valence-electron chi connectivity index (χ1n) is 5.27. The zero-order valence-corrected chi connectivity index (χ0v) is 10.0. The lowest BCUT2D eigenvalue weighted by molar-refractivity contribution is 0.205. The first-order chi connectivity index (χ1) is 7.71. The third-order valence-electron chi connectivity index (χ3n) is 2.24. The van der Waals surface area contributed by atoms with E-state index in [4.69, 9.17) is 10.6 Å². The van der Waals surface area contributed by atoms with Gasteiger partial charge in [-0.25, -0.2) is 10.8 Å². The topological polar surface area (TPSA) is 76.3 Å². The maximum Gasteiger partial charge on any atom is 0.239 e. The molecule has 0 unspecified atom stereocenters. The minimum absolute atomic E-state index is 0.436. The smallest absolute Gasteiger partial charge is 0.239 e. The molecule has 0 aromatic carbocycles. The van der Waals surface area contributed by atoms with Gasteiger partial charge in [-0.2, -0.15) is 4.98 Å². The molecule has 0 fully saturated rings. The summed E-state index contributed by atoms with van der Waals surface area (Å²) in [5.74, 6) is 6.61. The van der Waals surface area contributed by atoms with E-state index in [0.717, 1.165) is 24.6 Å². The van der Waals surface area contributed by atoms with Gasteiger partial charge in [0.1, 0.15) is 5.82 Å². The number of ether oxygens (including phenoxy) is 1. The van der Waals surface area contributed by atoms with Crippen LogP contribution in [0.1, 0.15) is 12.6 Å². The van der Waals surface area contributed by atoms with Gasteiger partial charge < -0.3 is 9.64 Å². The third-order valence-corrected chi connectivity index (χ3v) is 2.24. The van der Waals surface area contributed by atoms with Crippen LogP contribution in [0, 0.1) is 6.92 Å². The SMILES string of the molecule is CCN(CCOC)c1cc(C)nc(NN)n1. The van der Waals surface area contributed by atoms with Crippen LogP contribution >= 0.6 is 0 Å². The summed E-state index contributed by atoms with van der Waals surface area (Å²) in [6.45, 7) is 6.32. The standard InChI is InChI=1S/C10H19N5O/c1-4-15(5-6-16-3)9-7-8(2)12-10(13-9)14-11/h7H,4-6,11H2,1-3H3,(H,12,13,14). The molecule has 16 heavy (non-hydrogen) atoms. The Morgan fingerprint density at radius 1 is 1.50 bits per heavy atom. The number of nitrogens with one attached hydrogen (secondary N) is 1. The minimum Gasteiger partial charge on any atom is -0.383 e. The Balaban J connectivity index is 2.86. The number of rotatable bonds is 6. The van der Waals surface area contributed by atoms with E-state index in [1.807, 2.05) is 13.0 Å². The van der Waals surface area contributed by atoms with Crippen LogP contribution in [-0.4, -0.2) is 36.8 Å². The highest BCUT2D eigenvalue weighted by atomic mass is 16.5. The van der Waals surface area contributed by atoms with E-state index in [1.165, 1.54) is 0 Å². The van der Waals surface area contributed by atoms with E-state index < -0.39 is 0 Å². The van der Waals surface area contributed by atoms with Crippen molar-refractivity contribution < 1.29 is 4.74 Å². The summed E-state index contributed by atoms with van der Waals surface area (Å²) in [6.07, 6.45) is 0. The highest BCUT2D eigenvalue weighted by molar-refractivity contribution is 5.44. The molecule has 6 nitrogen and oxygen atoms in total. The second-order valence-electron chi connectivity index (χ2n) is 3.41. The van der Waals surface area contributed by atoms with Gasteiger partial charge in [0.25, 0.3) is 0 Å². The molecule has 1 heterocycles. The van der Waals surface area contributed by atoms with E-state index in [0.29, 0.717) is 12.6 Å². The van der Waals surface area contributed by atoms with Gasteiger partial charge in [0.05, 0.1) is 6.61 Å². The fourth-order valence-corrected chi connectivity index (χ4v) is 1.41. The lowest BCUT2D eigenvalue weighted by Crippen LogP contribution is -2.28. The van der Waals surface area contributed by atoms with Crippen LogP contribution in [0.5, 0.6) is 0 Å². The van der Waals surface area contributed by atoms with Crippen molar-refractivity contribution in [1.82, 2.24) is 9.97 Å². The number of nitrogens with zero attached hydrogens (tertiary/aromatic N) is 3. The Hall–Kier alpha value is -1.40. The molecule has 1 aromatic rings. The number of hydrogen-bond donors (Lipinski definition) is 2. The second kappa shape index (κ2) is 6.24. The molecule has 0 aliphatic heterocycles. The van der Waals surface area contributed by atoms with Gasteiger partial charge >= 0.3 is 0 Å². The van der Waals surface area contributed by atoms with E-state index >= 15 is 0 Å². The number of methoxy groups -OCH3 is 1. The Morgan fingerprint density at radius 2 is 2.25 bits per heavy atom. The van der Waals surface area contributed by atoms with Crippen molar-refractivity contribution in [2.75, 3.05) is 37.1 Å². The number of aryl methyl sites for hydroxylation is 1. The highest BCUT2D eigenvalue weighted by Gasteiger charge is 2.08. The molecule has 0 aliphatic rings. The predicted molar refractivity (Wildman–Crippen MR) is 64.3 cm³/mol. The number of hydrazine groups is 1. The summed E-state index contributed by atoms with van der Waals surface area (Å²) < 4.78 is 5.06. The van der Waals surface area contributed by atoms with Crippen LogP contribution in [0.3, 0.4) is 0 Å². The van der Waals surface area contributed by atoms with Crippen molar-refractivity contribution in [3.05, 3.63) is 11.8 Å². The van der Waals surface area contributed by atoms with E-state index in [1.54, 1.807) is 7.11 Å². The maximum absolute atomic E-state index is 5.31. The average Bonchev–Trinajstić information content (AvgIpc) is 2.29. The van der Waals surface area contributed by atoms with Crippen LogP contribution in [0.15, 0.2) is 6.07 Å². The van der Waals surface area contributed by atoms with Crippen LogP contribution in [-0.2, 0) is 4.74 Å². The number of nitrogen functional groups attached to an aromatic ring is 1. The third kappa shape index (κ3) is 3.32. The molecule has 3 N–H and O–H groups in total. The molecule has 6 heteroatoms. The Labute approximate surface area is 95.8 Å². The first-order valence-corrected chi connectivity index (χ1v) is 5.27. The number of anilines is 2. The zero-order chi connectivity index (χ0) is 12.0. The van der Waals surface area contributed by atoms with E-state index in [2.05, 4.69) is 27.2 Å². The molecule has 1 rings (SSSR count). The molecule has 0 atom stereocenters. The summed E-state index contributed by atoms with van der Waals surface area (Å²) in [7, 11) is 1.69. The van der Waals surface area contributed by atoms with Crippen molar-refractivity contribution in [3.63, 3.8) is 0 Å². The molecule has 90 valence electrons. The van der Waals surface area contributed by atoms with Gasteiger partial charge in [0, 0.05) is 32.0 Å². The number of nitrogens with two attached hydrogens (primary N) is 1. The van der Waals surface area contributed by atoms with Gasteiger partial charge in [-0.3, -0.25) is 5.43 Å². The summed E-state index contributed by atoms with van der Waals surface area (Å²) >= 11 is 0. The van der Waals surface area contributed by atoms with E-state index in [9.17, 15) is 0 Å². The summed E-state index contributed by atoms with van der Waals surface area (Å²) in [4.78, 5) is 10.6. The van der Waals surface area contributed by atoms with Crippen molar-refractivity contribution in [1.29, 1.82) is 0 Å². The van der Waals surface area contributed by atoms with Gasteiger partial charge in [-0.15, -0.1) is 0 Å². The summed E-state index contributed by atoms with van der Waals surface area (Å²) in [5, 5.41) is 0. The summed E-state index contributed by atoms with van der Waals surface area (Å²) in [5.41, 5.74) is 3.35. The molecule has 0 saturated carbocycles. The normalized spacial score (nSPS) is 10.2. The number of likely N-dealkylation sites (N-methyl/N-ethyl adjacent to an activating group) is 1. The van der Waals surface area contributed by atoms with Gasteiger partial charge in [0.2, 0.25) is 5.95 Å². The van der Waals surface area contributed by atoms with Crippen LogP contribution in [0.4, 0.5) is 11.8 Å². The Morgan fingerprint density at radius 3 is 2.81 bits per heavy atom. The highest BCUT2D eigenvalue weighted by Crippen LogP contribution is 2.13. The fourth-order valence-electron chi connectivity index (χ4n) is 1.41. The lowest BCUT2D eigenvalue weighted by Gasteiger charge is -2.22. The van der Waals surface area contributed by atoms with E-state index in [-0.39, 0.29) is 0 Å². The molecule has 0 aliphatic carbocycles. The zero-order valence-electron chi connectivity index (χ0n) is 10.0. The van der Waals surface area contributed by atoms with Crippen molar-refractivity contribution in [2.45, 2.75) is 13.8 Å². The van der Waals surface area contributed by atoms with Gasteiger partial charge in [-0.1, -0.05) is 0 Å². The average molecular weight is 225 g/mol. The minimum atomic E-state index is 0.436. The second-order valence-corrected chi connectivity index (χ2v) is 3.41. The fraction of sp³-hybridized carbons (Fsp3) is 0.600. The summed E-state index contributed by atoms with van der Waals surface area (Å²) in [6, 6.07) is 1.93. The molecule has 0 spiro atoms. The number of hydrogen-bond acceptors (Lipinski definition) is 6. The first kappa shape index (κ1) is 12.7. The molecular formula is C10H19N5O. The van der Waals surface area contributed by atoms with Crippen molar-refractivity contribution >= 4 is 11.8 Å². The molecule has 0 saturated heterocycles. The van der Waals surface area contributed by atoms with Crippen molar-refractivity contribution in [2.24, 2.45) is 5.84 Å². The lowest BCUT2D eigenvalue weighted by atomic mass is 10.4. The van der Waals surface area contributed by atoms with Crippen molar-refractivity contribution in [3.8, 4) is 0 Å². The predicted octanol–water partition coefficient (Wildman–Crippen LogP) is 0.543. The molecule has 0 bridgehead atoms. The Bertz CT molecular complexity index is 331. The largest absolute Gasteiger partial charge is 0.383 e. The maximum atomic E-state index is 5.31. The number of aromatic nitrogens is 2.